The second-order valence-electron chi connectivity index (χ2n) is 4.44. The third-order valence-corrected chi connectivity index (χ3v) is 3.17. The van der Waals surface area contributed by atoms with Gasteiger partial charge in [-0.05, 0) is 18.4 Å². The average Bonchev–Trinajstić information content (AvgIpc) is 2.81. The molecule has 1 aromatic carbocycles. The van der Waals surface area contributed by atoms with E-state index in [1.54, 1.807) is 0 Å². The summed E-state index contributed by atoms with van der Waals surface area (Å²) in [5.74, 6) is 0.447. The van der Waals surface area contributed by atoms with Gasteiger partial charge in [0.2, 0.25) is 5.91 Å². The Bertz CT molecular complexity index is 355. The molecular weight excluding hydrogens is 197 g/mol. The molecule has 3 heteroatoms. The lowest BCUT2D eigenvalue weighted by atomic mass is 9.95. The number of rotatable bonds is 3. The van der Waals surface area contributed by atoms with Gasteiger partial charge in [-0.1, -0.05) is 42.6 Å². The van der Waals surface area contributed by atoms with Crippen molar-refractivity contribution in [1.29, 1.82) is 0 Å². The van der Waals surface area contributed by atoms with Crippen molar-refractivity contribution in [3.05, 3.63) is 29.8 Å². The molecule has 0 spiro atoms. The maximum absolute atomic E-state index is 11.7. The second kappa shape index (κ2) is 5.19. The number of amides is 1. The Balaban J connectivity index is 1.82. The minimum absolute atomic E-state index is 0.203. The van der Waals surface area contributed by atoms with Gasteiger partial charge in [-0.25, -0.2) is 0 Å². The Morgan fingerprint density at radius 3 is 2.50 bits per heavy atom. The zero-order chi connectivity index (χ0) is 11.4. The van der Waals surface area contributed by atoms with Gasteiger partial charge in [0.1, 0.15) is 7.85 Å². The minimum Gasteiger partial charge on any atom is -0.352 e. The van der Waals surface area contributed by atoms with Crippen molar-refractivity contribution in [3.63, 3.8) is 0 Å². The molecule has 1 amide bonds. The van der Waals surface area contributed by atoms with Gasteiger partial charge in [-0.2, -0.15) is 0 Å². The first-order valence-electron chi connectivity index (χ1n) is 5.88. The van der Waals surface area contributed by atoms with E-state index >= 15 is 0 Å². The first-order chi connectivity index (χ1) is 7.75. The predicted octanol–water partition coefficient (Wildman–Crippen LogP) is 1.29. The van der Waals surface area contributed by atoms with E-state index in [0.717, 1.165) is 23.9 Å². The van der Waals surface area contributed by atoms with Crippen LogP contribution in [-0.2, 0) is 11.3 Å². The predicted molar refractivity (Wildman–Crippen MR) is 65.6 cm³/mol. The Kier molecular flexibility index (Phi) is 3.65. The fraction of sp³-hybridized carbons (Fsp3) is 0.462. The van der Waals surface area contributed by atoms with Gasteiger partial charge in [0.25, 0.3) is 0 Å². The molecule has 1 fully saturated rings. The van der Waals surface area contributed by atoms with Crippen LogP contribution in [0.3, 0.4) is 0 Å². The standard InChI is InChI=1S/C13H16BNO/c14-12-7-5-10(6-8-12)9-15-13(16)11-3-1-2-4-11/h5-8,11H,1-4,9H2,(H,15,16). The van der Waals surface area contributed by atoms with E-state index < -0.39 is 0 Å². The lowest BCUT2D eigenvalue weighted by Crippen LogP contribution is -2.28. The number of hydrogen-bond donors (Lipinski definition) is 1. The summed E-state index contributed by atoms with van der Waals surface area (Å²) in [6.45, 7) is 0.607. The molecule has 1 saturated carbocycles. The lowest BCUT2D eigenvalue weighted by Gasteiger charge is -2.10. The van der Waals surface area contributed by atoms with Gasteiger partial charge < -0.3 is 5.32 Å². The largest absolute Gasteiger partial charge is 0.352 e. The maximum atomic E-state index is 11.7. The summed E-state index contributed by atoms with van der Waals surface area (Å²) in [5.41, 5.74) is 1.85. The molecule has 0 unspecified atom stereocenters. The highest BCUT2D eigenvalue weighted by Gasteiger charge is 2.21. The molecule has 1 aromatic rings. The molecule has 1 aliphatic carbocycles. The molecule has 0 aromatic heterocycles. The molecule has 0 atom stereocenters. The number of nitrogens with one attached hydrogen (secondary N) is 1. The summed E-state index contributed by atoms with van der Waals surface area (Å²) in [6.07, 6.45) is 4.49. The van der Waals surface area contributed by atoms with Crippen LogP contribution in [0.1, 0.15) is 31.2 Å². The maximum Gasteiger partial charge on any atom is 0.223 e. The monoisotopic (exact) mass is 213 g/mol. The van der Waals surface area contributed by atoms with Crippen LogP contribution in [-0.4, -0.2) is 13.8 Å². The van der Waals surface area contributed by atoms with Crippen molar-refractivity contribution < 1.29 is 4.79 Å². The Labute approximate surface area is 97.8 Å². The average molecular weight is 213 g/mol. The van der Waals surface area contributed by atoms with Crippen molar-refractivity contribution >= 4 is 19.2 Å². The SMILES string of the molecule is [B]c1ccc(CNC(=O)C2CCCC2)cc1. The molecule has 0 heterocycles. The summed E-state index contributed by atoms with van der Waals surface area (Å²) in [5, 5.41) is 2.98. The summed E-state index contributed by atoms with van der Waals surface area (Å²) in [7, 11) is 5.59. The third-order valence-electron chi connectivity index (χ3n) is 3.17. The van der Waals surface area contributed by atoms with Crippen LogP contribution in [0.2, 0.25) is 0 Å². The minimum atomic E-state index is 0.203. The molecule has 2 nitrogen and oxygen atoms in total. The Morgan fingerprint density at radius 1 is 1.25 bits per heavy atom. The smallest absolute Gasteiger partial charge is 0.223 e. The van der Waals surface area contributed by atoms with Crippen molar-refractivity contribution in [2.45, 2.75) is 32.2 Å². The Hall–Kier alpha value is -1.25. The van der Waals surface area contributed by atoms with Gasteiger partial charge in [-0.3, -0.25) is 4.79 Å². The number of benzene rings is 1. The van der Waals surface area contributed by atoms with E-state index in [1.807, 2.05) is 24.3 Å². The summed E-state index contributed by atoms with van der Waals surface area (Å²) < 4.78 is 0. The lowest BCUT2D eigenvalue weighted by molar-refractivity contribution is -0.124. The quantitative estimate of drug-likeness (QED) is 0.753. The van der Waals surface area contributed by atoms with E-state index in [0.29, 0.717) is 6.54 Å². The zero-order valence-corrected chi connectivity index (χ0v) is 9.41. The van der Waals surface area contributed by atoms with Crippen LogP contribution in [0.4, 0.5) is 0 Å². The van der Waals surface area contributed by atoms with Crippen LogP contribution in [0.25, 0.3) is 0 Å². The summed E-state index contributed by atoms with van der Waals surface area (Å²) >= 11 is 0. The number of hydrogen-bond acceptors (Lipinski definition) is 1. The Morgan fingerprint density at radius 2 is 1.88 bits per heavy atom. The van der Waals surface area contributed by atoms with E-state index in [2.05, 4.69) is 5.32 Å². The molecule has 2 radical (unpaired) electrons. The normalized spacial score (nSPS) is 16.2. The highest BCUT2D eigenvalue weighted by atomic mass is 16.1. The van der Waals surface area contributed by atoms with Crippen LogP contribution >= 0.6 is 0 Å². The molecule has 0 aliphatic heterocycles. The van der Waals surface area contributed by atoms with Crippen LogP contribution in [0.15, 0.2) is 24.3 Å². The van der Waals surface area contributed by atoms with Crippen LogP contribution in [0.5, 0.6) is 0 Å². The van der Waals surface area contributed by atoms with Gasteiger partial charge in [-0.15, -0.1) is 0 Å². The van der Waals surface area contributed by atoms with E-state index in [4.69, 9.17) is 7.85 Å². The highest BCUT2D eigenvalue weighted by molar-refractivity contribution is 6.32. The van der Waals surface area contributed by atoms with Gasteiger partial charge in [0.05, 0.1) is 0 Å². The topological polar surface area (TPSA) is 29.1 Å². The first kappa shape index (κ1) is 11.2. The molecule has 1 N–H and O–H groups in total. The molecule has 1 aliphatic rings. The van der Waals surface area contributed by atoms with Crippen molar-refractivity contribution in [3.8, 4) is 0 Å². The molecule has 0 saturated heterocycles. The van der Waals surface area contributed by atoms with Crippen LogP contribution < -0.4 is 10.8 Å². The molecule has 0 bridgehead atoms. The zero-order valence-electron chi connectivity index (χ0n) is 9.41. The summed E-state index contributed by atoms with van der Waals surface area (Å²) in [6, 6.07) is 7.61. The molecule has 2 rings (SSSR count). The van der Waals surface area contributed by atoms with E-state index in [9.17, 15) is 4.79 Å². The van der Waals surface area contributed by atoms with Crippen molar-refractivity contribution in [1.82, 2.24) is 5.32 Å². The molecular formula is C13H16BNO. The van der Waals surface area contributed by atoms with E-state index in [1.165, 1.54) is 12.8 Å². The fourth-order valence-corrected chi connectivity index (χ4v) is 2.16. The number of carbonyl (C=O) groups is 1. The molecule has 16 heavy (non-hydrogen) atoms. The summed E-state index contributed by atoms with van der Waals surface area (Å²) in [4.78, 5) is 11.7. The first-order valence-corrected chi connectivity index (χ1v) is 5.88. The van der Waals surface area contributed by atoms with Crippen molar-refractivity contribution in [2.24, 2.45) is 5.92 Å². The molecule has 82 valence electrons. The third kappa shape index (κ3) is 2.88. The van der Waals surface area contributed by atoms with Gasteiger partial charge >= 0.3 is 0 Å². The number of carbonyl (C=O) groups excluding carboxylic acids is 1. The fourth-order valence-electron chi connectivity index (χ4n) is 2.16. The highest BCUT2D eigenvalue weighted by Crippen LogP contribution is 2.24. The van der Waals surface area contributed by atoms with Gasteiger partial charge in [0, 0.05) is 12.5 Å². The van der Waals surface area contributed by atoms with Crippen molar-refractivity contribution in [2.75, 3.05) is 0 Å². The van der Waals surface area contributed by atoms with Crippen LogP contribution in [0, 0.1) is 5.92 Å². The van der Waals surface area contributed by atoms with Gasteiger partial charge in [0.15, 0.2) is 0 Å². The second-order valence-corrected chi connectivity index (χ2v) is 4.44. The van der Waals surface area contributed by atoms with E-state index in [-0.39, 0.29) is 11.8 Å².